The van der Waals surface area contributed by atoms with Crippen LogP contribution in [0.1, 0.15) is 64.3 Å². The van der Waals surface area contributed by atoms with Crippen LogP contribution in [0.2, 0.25) is 0 Å². The van der Waals surface area contributed by atoms with Crippen molar-refractivity contribution in [2.24, 2.45) is 5.92 Å². The molecule has 9 heteroatoms. The summed E-state index contributed by atoms with van der Waals surface area (Å²) in [7, 11) is 1.58. The van der Waals surface area contributed by atoms with Crippen LogP contribution in [0.15, 0.2) is 60.7 Å². The van der Waals surface area contributed by atoms with Gasteiger partial charge in [-0.25, -0.2) is 4.39 Å². The molecule has 1 aromatic heterocycles. The van der Waals surface area contributed by atoms with E-state index in [4.69, 9.17) is 9.47 Å². The average molecular weight is 585 g/mol. The summed E-state index contributed by atoms with van der Waals surface area (Å²) < 4.78 is 26.2. The lowest BCUT2D eigenvalue weighted by atomic mass is 9.88. The van der Waals surface area contributed by atoms with Gasteiger partial charge >= 0.3 is 0 Å². The van der Waals surface area contributed by atoms with Gasteiger partial charge < -0.3 is 20.1 Å². The second-order valence-electron chi connectivity index (χ2n) is 11.3. The minimum Gasteiger partial charge on any atom is -0.493 e. The van der Waals surface area contributed by atoms with Crippen molar-refractivity contribution in [3.8, 4) is 22.6 Å². The van der Waals surface area contributed by atoms with E-state index in [-0.39, 0.29) is 17.6 Å². The predicted octanol–water partition coefficient (Wildman–Crippen LogP) is 5.80. The van der Waals surface area contributed by atoms with E-state index in [1.807, 2.05) is 58.0 Å². The van der Waals surface area contributed by atoms with Crippen molar-refractivity contribution in [2.45, 2.75) is 46.1 Å². The van der Waals surface area contributed by atoms with Gasteiger partial charge in [0.1, 0.15) is 29.3 Å². The number of aryl methyl sites for hydroxylation is 2. The van der Waals surface area contributed by atoms with Crippen molar-refractivity contribution in [1.82, 2.24) is 20.8 Å². The summed E-state index contributed by atoms with van der Waals surface area (Å²) >= 11 is 0. The third-order valence-electron chi connectivity index (χ3n) is 7.74. The molecule has 224 valence electrons. The van der Waals surface area contributed by atoms with Crippen LogP contribution < -0.4 is 20.1 Å². The van der Waals surface area contributed by atoms with Gasteiger partial charge in [-0.15, -0.1) is 0 Å². The fourth-order valence-electron chi connectivity index (χ4n) is 5.41. The quantitative estimate of drug-likeness (QED) is 0.218. The minimum absolute atomic E-state index is 0.171. The molecule has 43 heavy (non-hydrogen) atoms. The van der Waals surface area contributed by atoms with Gasteiger partial charge in [0.25, 0.3) is 5.91 Å². The Morgan fingerprint density at radius 2 is 1.84 bits per heavy atom. The summed E-state index contributed by atoms with van der Waals surface area (Å²) in [5, 5.41) is 13.0. The smallest absolute Gasteiger partial charge is 0.251 e. The molecule has 5 rings (SSSR count). The minimum atomic E-state index is -0.653. The van der Waals surface area contributed by atoms with Crippen LogP contribution in [0, 0.1) is 25.6 Å². The molecule has 4 aromatic rings. The number of hydrogen-bond acceptors (Lipinski definition) is 5. The molecule has 3 N–H and O–H groups in total. The third-order valence-corrected chi connectivity index (χ3v) is 7.74. The number of benzene rings is 3. The van der Waals surface area contributed by atoms with Crippen molar-refractivity contribution in [3.05, 3.63) is 100 Å². The number of likely N-dealkylation sites (N-methyl/N-ethyl adjacent to an activating group) is 1. The van der Waals surface area contributed by atoms with Crippen LogP contribution in [0.25, 0.3) is 11.1 Å². The first-order chi connectivity index (χ1) is 20.7. The van der Waals surface area contributed by atoms with E-state index >= 15 is 0 Å². The summed E-state index contributed by atoms with van der Waals surface area (Å²) in [4.78, 5) is 26.2. The van der Waals surface area contributed by atoms with Crippen molar-refractivity contribution < 1.29 is 23.5 Å². The maximum Gasteiger partial charge on any atom is 0.251 e. The lowest BCUT2D eigenvalue weighted by Crippen LogP contribution is -2.28. The third kappa shape index (κ3) is 6.40. The molecule has 0 bridgehead atoms. The fourth-order valence-corrected chi connectivity index (χ4v) is 5.41. The molecule has 2 unspecified atom stereocenters. The van der Waals surface area contributed by atoms with Crippen LogP contribution in [-0.4, -0.2) is 42.2 Å². The van der Waals surface area contributed by atoms with Gasteiger partial charge in [-0.3, -0.25) is 14.7 Å². The Morgan fingerprint density at radius 1 is 1.07 bits per heavy atom. The molecule has 0 spiro atoms. The van der Waals surface area contributed by atoms with Gasteiger partial charge in [0.2, 0.25) is 5.91 Å². The second kappa shape index (κ2) is 12.7. The zero-order valence-electron chi connectivity index (χ0n) is 25.1. The number of rotatable bonds is 10. The molecule has 1 aliphatic heterocycles. The molecule has 2 heterocycles. The largest absolute Gasteiger partial charge is 0.493 e. The number of halogens is 1. The molecular weight excluding hydrogens is 547 g/mol. The van der Waals surface area contributed by atoms with E-state index in [9.17, 15) is 14.0 Å². The summed E-state index contributed by atoms with van der Waals surface area (Å²) in [6.45, 7) is 9.00. The number of ether oxygens (including phenoxy) is 2. The number of nitrogens with one attached hydrogen (secondary N) is 3. The highest BCUT2D eigenvalue weighted by atomic mass is 19.1. The van der Waals surface area contributed by atoms with Crippen molar-refractivity contribution in [2.75, 3.05) is 20.2 Å². The number of amides is 2. The first-order valence-corrected chi connectivity index (χ1v) is 14.5. The van der Waals surface area contributed by atoms with Gasteiger partial charge in [0.05, 0.1) is 12.3 Å². The lowest BCUT2D eigenvalue weighted by Gasteiger charge is -2.18. The van der Waals surface area contributed by atoms with Gasteiger partial charge in [-0.1, -0.05) is 32.0 Å². The van der Waals surface area contributed by atoms with Crippen LogP contribution in [0.3, 0.4) is 0 Å². The normalized spacial score (nSPS) is 15.6. The van der Waals surface area contributed by atoms with E-state index in [0.717, 1.165) is 28.1 Å². The number of nitrogens with zero attached hydrogens (tertiary/aromatic N) is 1. The van der Waals surface area contributed by atoms with E-state index < -0.39 is 12.0 Å². The Kier molecular flexibility index (Phi) is 8.80. The summed E-state index contributed by atoms with van der Waals surface area (Å²) in [6, 6.07) is 17.0. The van der Waals surface area contributed by atoms with Crippen molar-refractivity contribution in [1.29, 1.82) is 0 Å². The molecule has 3 aromatic carbocycles. The molecule has 8 nitrogen and oxygen atoms in total. The maximum atomic E-state index is 13.7. The van der Waals surface area contributed by atoms with Crippen LogP contribution in [0.4, 0.5) is 4.39 Å². The van der Waals surface area contributed by atoms with Crippen LogP contribution in [-0.2, 0) is 11.2 Å². The fraction of sp³-hybridized carbons (Fsp3) is 0.324. The summed E-state index contributed by atoms with van der Waals surface area (Å²) in [5.41, 5.74) is 6.47. The van der Waals surface area contributed by atoms with Gasteiger partial charge in [0, 0.05) is 42.4 Å². The van der Waals surface area contributed by atoms with Gasteiger partial charge in [-0.05, 0) is 78.9 Å². The Hall–Kier alpha value is -4.66. The topological polar surface area (TPSA) is 105 Å². The summed E-state index contributed by atoms with van der Waals surface area (Å²) in [6.07, 6.45) is 0.0523. The molecule has 0 aliphatic carbocycles. The average Bonchev–Trinajstić information content (AvgIpc) is 3.54. The van der Waals surface area contributed by atoms with Gasteiger partial charge in [0.15, 0.2) is 0 Å². The van der Waals surface area contributed by atoms with Crippen LogP contribution >= 0.6 is 0 Å². The number of fused-ring (bicyclic) bond motifs is 1. The SMILES string of the molecule is CNC(=O)C1c2cc(-c3cc(C(=O)NCC(C)C)ccc3OCCc3c(C)n[nH]c3C)ccc2OC1c1ccc(F)cc1. The molecule has 1 aliphatic rings. The zero-order valence-corrected chi connectivity index (χ0v) is 25.1. The molecule has 2 atom stereocenters. The Morgan fingerprint density at radius 3 is 2.51 bits per heavy atom. The van der Waals surface area contributed by atoms with E-state index in [1.54, 1.807) is 25.2 Å². The lowest BCUT2D eigenvalue weighted by molar-refractivity contribution is -0.123. The number of carbonyl (C=O) groups is 2. The number of aromatic amines is 1. The highest BCUT2D eigenvalue weighted by Crippen LogP contribution is 2.48. The van der Waals surface area contributed by atoms with Crippen molar-refractivity contribution >= 4 is 11.8 Å². The van der Waals surface area contributed by atoms with E-state index in [1.165, 1.54) is 12.1 Å². The van der Waals surface area contributed by atoms with E-state index in [2.05, 4.69) is 20.8 Å². The first-order valence-electron chi connectivity index (χ1n) is 14.5. The molecule has 0 saturated carbocycles. The number of H-pyrrole nitrogens is 1. The zero-order chi connectivity index (χ0) is 30.7. The standard InChI is InChI=1S/C34H37FN4O4/c1-19(2)18-37-33(40)24-9-12-29(42-15-14-26-20(3)38-39-21(26)4)27(17-24)23-8-13-30-28(16-23)31(34(41)36-5)32(43-30)22-6-10-25(35)11-7-22/h6-13,16-17,19,31-32H,14-15,18H2,1-5H3,(H,36,41)(H,37,40)(H,38,39). The predicted molar refractivity (Wildman–Crippen MR) is 163 cm³/mol. The molecule has 0 saturated heterocycles. The Bertz CT molecular complexity index is 1610. The first kappa shape index (κ1) is 29.8. The van der Waals surface area contributed by atoms with E-state index in [0.29, 0.717) is 53.7 Å². The molecule has 2 amide bonds. The highest BCUT2D eigenvalue weighted by molar-refractivity contribution is 5.96. The summed E-state index contributed by atoms with van der Waals surface area (Å²) in [5.74, 6) is 0.105. The van der Waals surface area contributed by atoms with Gasteiger partial charge in [-0.2, -0.15) is 5.10 Å². The molecular formula is C34H37FN4O4. The second-order valence-corrected chi connectivity index (χ2v) is 11.3. The number of hydrogen-bond donors (Lipinski definition) is 3. The Labute approximate surface area is 251 Å². The number of carbonyl (C=O) groups excluding carboxylic acids is 2. The molecule has 0 radical (unpaired) electrons. The van der Waals surface area contributed by atoms with Crippen LogP contribution in [0.5, 0.6) is 11.5 Å². The maximum absolute atomic E-state index is 13.7. The monoisotopic (exact) mass is 584 g/mol. The highest BCUT2D eigenvalue weighted by Gasteiger charge is 2.40. The Balaban J connectivity index is 1.51. The number of aromatic nitrogens is 2. The molecule has 0 fully saturated rings. The van der Waals surface area contributed by atoms with Crippen molar-refractivity contribution in [3.63, 3.8) is 0 Å².